The molecule has 140 valence electrons. The molecule has 2 atom stereocenters. The van der Waals surface area contributed by atoms with Gasteiger partial charge in [-0.25, -0.2) is 4.98 Å². The van der Waals surface area contributed by atoms with E-state index in [4.69, 9.17) is 10.5 Å². The van der Waals surface area contributed by atoms with Crippen LogP contribution in [0.3, 0.4) is 0 Å². The zero-order valence-corrected chi connectivity index (χ0v) is 15.4. The van der Waals surface area contributed by atoms with Gasteiger partial charge < -0.3 is 20.9 Å². The summed E-state index contributed by atoms with van der Waals surface area (Å²) in [5.41, 5.74) is 6.28. The number of aliphatic hydroxyl groups is 1. The number of carbonyl (C=O) groups excluding carboxylic acids is 1. The summed E-state index contributed by atoms with van der Waals surface area (Å²) < 4.78 is 6.80. The Morgan fingerprint density at radius 2 is 2.04 bits per heavy atom. The maximum Gasteiger partial charge on any atom is 0.267 e. The number of hydrogen-bond donors (Lipinski definition) is 3. The third kappa shape index (κ3) is 4.01. The minimum absolute atomic E-state index is 0.0547. The number of primary amides is 1. The summed E-state index contributed by atoms with van der Waals surface area (Å²) >= 11 is 1.53. The van der Waals surface area contributed by atoms with Crippen molar-refractivity contribution in [3.63, 3.8) is 0 Å². The second-order valence-electron chi connectivity index (χ2n) is 6.59. The van der Waals surface area contributed by atoms with E-state index >= 15 is 0 Å². The first-order chi connectivity index (χ1) is 13.1. The van der Waals surface area contributed by atoms with E-state index in [2.05, 4.69) is 15.3 Å². The molecule has 1 saturated carbocycles. The van der Waals surface area contributed by atoms with Gasteiger partial charge in [0.05, 0.1) is 22.4 Å². The van der Waals surface area contributed by atoms with Gasteiger partial charge in [0, 0.05) is 18.3 Å². The summed E-state index contributed by atoms with van der Waals surface area (Å²) in [6.45, 7) is 0. The van der Waals surface area contributed by atoms with Gasteiger partial charge >= 0.3 is 0 Å². The van der Waals surface area contributed by atoms with Crippen molar-refractivity contribution in [2.45, 2.75) is 37.8 Å². The van der Waals surface area contributed by atoms with E-state index in [0.717, 1.165) is 41.0 Å². The molecule has 3 aromatic rings. The molecule has 0 bridgehead atoms. The van der Waals surface area contributed by atoms with Gasteiger partial charge in [-0.15, -0.1) is 0 Å². The Bertz CT molecular complexity index is 974. The van der Waals surface area contributed by atoms with E-state index in [1.165, 1.54) is 23.6 Å². The molecule has 0 spiro atoms. The molecule has 1 unspecified atom stereocenters. The molecular weight excluding hydrogens is 364 g/mol. The second-order valence-corrected chi connectivity index (χ2v) is 7.62. The number of hydrogen-bond acceptors (Lipinski definition) is 7. The highest BCUT2D eigenvalue weighted by Gasteiger charge is 2.23. The lowest BCUT2D eigenvalue weighted by molar-refractivity contribution is 0.0995. The Kier molecular flexibility index (Phi) is 4.91. The first-order valence-electron chi connectivity index (χ1n) is 8.87. The molecule has 1 aliphatic carbocycles. The summed E-state index contributed by atoms with van der Waals surface area (Å²) in [7, 11) is 0. The van der Waals surface area contributed by atoms with Crippen molar-refractivity contribution >= 4 is 32.6 Å². The zero-order chi connectivity index (χ0) is 18.8. The lowest BCUT2D eigenvalue weighted by Gasteiger charge is -2.27. The van der Waals surface area contributed by atoms with Gasteiger partial charge in [-0.2, -0.15) is 0 Å². The number of pyridine rings is 1. The number of nitrogens with one attached hydrogen (secondary N) is 1. The largest absolute Gasteiger partial charge is 0.457 e. The number of ether oxygens (including phenoxy) is 1. The molecule has 1 amide bonds. The highest BCUT2D eigenvalue weighted by atomic mass is 32.1. The number of benzene rings is 1. The number of rotatable bonds is 5. The molecule has 2 aromatic heterocycles. The van der Waals surface area contributed by atoms with Crippen LogP contribution in [-0.2, 0) is 0 Å². The molecule has 7 nitrogen and oxygen atoms in total. The first kappa shape index (κ1) is 17.7. The van der Waals surface area contributed by atoms with Crippen LogP contribution in [0.15, 0.2) is 36.5 Å². The number of fused-ring (bicyclic) bond motifs is 1. The van der Waals surface area contributed by atoms with Gasteiger partial charge in [0.1, 0.15) is 17.2 Å². The average Bonchev–Trinajstić information content (AvgIpc) is 3.05. The van der Waals surface area contributed by atoms with Crippen LogP contribution in [0.25, 0.3) is 10.2 Å². The molecule has 0 saturated heterocycles. The number of amides is 1. The van der Waals surface area contributed by atoms with E-state index in [-0.39, 0.29) is 17.8 Å². The maximum absolute atomic E-state index is 11.2. The Morgan fingerprint density at radius 1 is 1.22 bits per heavy atom. The predicted molar refractivity (Wildman–Crippen MR) is 104 cm³/mol. The summed E-state index contributed by atoms with van der Waals surface area (Å²) in [6.07, 6.45) is 5.15. The SMILES string of the molecule is NC(=O)c1cc(Oc2ccc3nc(NC4CCCC[C@H]4O)sc3c2)ccn1. The van der Waals surface area contributed by atoms with Crippen molar-refractivity contribution in [1.29, 1.82) is 0 Å². The van der Waals surface area contributed by atoms with Crippen LogP contribution in [0.1, 0.15) is 36.2 Å². The highest BCUT2D eigenvalue weighted by molar-refractivity contribution is 7.22. The van der Waals surface area contributed by atoms with Crippen LogP contribution in [0.4, 0.5) is 5.13 Å². The van der Waals surface area contributed by atoms with Crippen molar-refractivity contribution in [2.24, 2.45) is 5.73 Å². The van der Waals surface area contributed by atoms with E-state index in [1.807, 2.05) is 18.2 Å². The summed E-state index contributed by atoms with van der Waals surface area (Å²) in [4.78, 5) is 19.7. The number of carbonyl (C=O) groups is 1. The van der Waals surface area contributed by atoms with Crippen molar-refractivity contribution in [3.05, 3.63) is 42.2 Å². The zero-order valence-electron chi connectivity index (χ0n) is 14.6. The molecule has 0 aliphatic heterocycles. The molecule has 1 aliphatic rings. The number of nitrogens with zero attached hydrogens (tertiary/aromatic N) is 2. The Morgan fingerprint density at radius 3 is 2.85 bits per heavy atom. The van der Waals surface area contributed by atoms with Crippen LogP contribution in [0, 0.1) is 0 Å². The number of thiazole rings is 1. The fourth-order valence-electron chi connectivity index (χ4n) is 3.21. The topological polar surface area (TPSA) is 110 Å². The van der Waals surface area contributed by atoms with Crippen LogP contribution in [0.2, 0.25) is 0 Å². The third-order valence-electron chi connectivity index (χ3n) is 4.62. The number of aliphatic hydroxyl groups excluding tert-OH is 1. The third-order valence-corrected chi connectivity index (χ3v) is 5.57. The molecule has 1 aromatic carbocycles. The molecule has 27 heavy (non-hydrogen) atoms. The molecule has 4 N–H and O–H groups in total. The van der Waals surface area contributed by atoms with Gasteiger partial charge in [-0.1, -0.05) is 24.2 Å². The minimum Gasteiger partial charge on any atom is -0.457 e. The lowest BCUT2D eigenvalue weighted by Crippen LogP contribution is -2.36. The molecule has 1 fully saturated rings. The number of anilines is 1. The van der Waals surface area contributed by atoms with E-state index in [0.29, 0.717) is 11.5 Å². The fraction of sp³-hybridized carbons (Fsp3) is 0.316. The summed E-state index contributed by atoms with van der Waals surface area (Å²) in [5, 5.41) is 14.3. The van der Waals surface area contributed by atoms with Crippen LogP contribution in [-0.4, -0.2) is 33.1 Å². The van der Waals surface area contributed by atoms with Crippen LogP contribution in [0.5, 0.6) is 11.5 Å². The van der Waals surface area contributed by atoms with Gasteiger partial charge in [0.2, 0.25) is 0 Å². The van der Waals surface area contributed by atoms with E-state index < -0.39 is 5.91 Å². The molecular formula is C19H20N4O3S. The Hall–Kier alpha value is -2.71. The molecule has 2 heterocycles. The van der Waals surface area contributed by atoms with Gasteiger partial charge in [0.15, 0.2) is 5.13 Å². The monoisotopic (exact) mass is 384 g/mol. The van der Waals surface area contributed by atoms with Gasteiger partial charge in [-0.05, 0) is 31.0 Å². The minimum atomic E-state index is -0.598. The maximum atomic E-state index is 11.2. The molecule has 0 radical (unpaired) electrons. The fourth-order valence-corrected chi connectivity index (χ4v) is 4.17. The van der Waals surface area contributed by atoms with Crippen molar-refractivity contribution in [1.82, 2.24) is 9.97 Å². The predicted octanol–water partition coefficient (Wildman–Crippen LogP) is 3.30. The van der Waals surface area contributed by atoms with Crippen molar-refractivity contribution in [3.8, 4) is 11.5 Å². The van der Waals surface area contributed by atoms with Gasteiger partial charge in [0.25, 0.3) is 5.91 Å². The number of nitrogens with two attached hydrogens (primary N) is 1. The van der Waals surface area contributed by atoms with E-state index in [1.54, 1.807) is 6.07 Å². The van der Waals surface area contributed by atoms with Crippen LogP contribution < -0.4 is 15.8 Å². The van der Waals surface area contributed by atoms with Gasteiger partial charge in [-0.3, -0.25) is 9.78 Å². The van der Waals surface area contributed by atoms with Crippen LogP contribution >= 0.6 is 11.3 Å². The first-order valence-corrected chi connectivity index (χ1v) is 9.69. The highest BCUT2D eigenvalue weighted by Crippen LogP contribution is 2.32. The normalized spacial score (nSPS) is 19.7. The Balaban J connectivity index is 1.52. The molecule has 8 heteroatoms. The molecule has 4 rings (SSSR count). The quantitative estimate of drug-likeness (QED) is 0.622. The van der Waals surface area contributed by atoms with Crippen molar-refractivity contribution < 1.29 is 14.6 Å². The smallest absolute Gasteiger partial charge is 0.267 e. The Labute approximate surface area is 160 Å². The lowest BCUT2D eigenvalue weighted by atomic mass is 9.93. The average molecular weight is 384 g/mol. The standard InChI is InChI=1S/C19H20N4O3S/c20-18(25)15-9-12(7-8-21-15)26-11-5-6-14-17(10-11)27-19(23-14)22-13-3-1-2-4-16(13)24/h5-10,13,16,24H,1-4H2,(H2,20,25)(H,22,23)/t13?,16-/m1/s1. The van der Waals surface area contributed by atoms with Crippen molar-refractivity contribution in [2.75, 3.05) is 5.32 Å². The second kappa shape index (κ2) is 7.50. The summed E-state index contributed by atoms with van der Waals surface area (Å²) in [5.74, 6) is 0.530. The van der Waals surface area contributed by atoms with E-state index in [9.17, 15) is 9.90 Å². The summed E-state index contributed by atoms with van der Waals surface area (Å²) in [6, 6.07) is 8.85. The number of aromatic nitrogens is 2.